The fraction of sp³-hybridized carbons (Fsp3) is 0.217. The van der Waals surface area contributed by atoms with E-state index in [0.29, 0.717) is 0 Å². The van der Waals surface area contributed by atoms with Gasteiger partial charge in [0.1, 0.15) is 0 Å². The molecule has 0 nitrogen and oxygen atoms in total. The molecule has 4 heteroatoms. The maximum atomic E-state index is 2.53. The average molecular weight is 791 g/mol. The van der Waals surface area contributed by atoms with Gasteiger partial charge in [0.15, 0.2) is 0 Å². The van der Waals surface area contributed by atoms with Crippen LogP contribution in [0.2, 0.25) is 0 Å². The van der Waals surface area contributed by atoms with Crippen molar-refractivity contribution in [3.63, 3.8) is 0 Å². The first-order chi connectivity index (χ1) is 22.9. The third kappa shape index (κ3) is 5.24. The third-order valence-corrected chi connectivity index (χ3v) is 36.7. The zero-order valence-corrected chi connectivity index (χ0v) is 35.6. The van der Waals surface area contributed by atoms with Crippen molar-refractivity contribution >= 4 is 44.8 Å². The summed E-state index contributed by atoms with van der Waals surface area (Å²) in [4.78, 5) is 0. The van der Waals surface area contributed by atoms with Crippen LogP contribution in [0.3, 0.4) is 0 Å². The van der Waals surface area contributed by atoms with E-state index in [4.69, 9.17) is 0 Å². The molecule has 254 valence electrons. The van der Waals surface area contributed by atoms with Gasteiger partial charge in [0, 0.05) is 0 Å². The van der Waals surface area contributed by atoms with Crippen molar-refractivity contribution in [1.82, 2.24) is 0 Å². The molecule has 6 aromatic rings. The van der Waals surface area contributed by atoms with Gasteiger partial charge in [-0.05, 0) is 0 Å². The number of hydrogen-bond donors (Lipinski definition) is 0. The van der Waals surface area contributed by atoms with Crippen LogP contribution in [0, 0.1) is 0 Å². The predicted octanol–water partition coefficient (Wildman–Crippen LogP) is 9.11. The van der Waals surface area contributed by atoms with Crippen molar-refractivity contribution in [2.45, 2.75) is 65.2 Å². The minimum Gasteiger partial charge on any atom is -0.147 e. The second kappa shape index (κ2) is 12.9. The number of halogens is 2. The van der Waals surface area contributed by atoms with Crippen molar-refractivity contribution in [3.05, 3.63) is 167 Å². The quantitative estimate of drug-likeness (QED) is 0.156. The molecule has 2 aliphatic carbocycles. The summed E-state index contributed by atoms with van der Waals surface area (Å²) in [6.07, 6.45) is 1.96. The maximum Gasteiger partial charge on any atom is -0.147 e. The molecule has 0 unspecified atom stereocenters. The smallest absolute Gasteiger partial charge is 0.147 e. The third-order valence-electron chi connectivity index (χ3n) is 11.5. The van der Waals surface area contributed by atoms with Crippen LogP contribution in [0.4, 0.5) is 0 Å². The molecule has 50 heavy (non-hydrogen) atoms. The van der Waals surface area contributed by atoms with Gasteiger partial charge >= 0.3 is 292 Å². The van der Waals surface area contributed by atoms with Gasteiger partial charge < -0.3 is 0 Å². The summed E-state index contributed by atoms with van der Waals surface area (Å²) in [5, 5.41) is 0. The molecule has 8 rings (SSSR count). The summed E-state index contributed by atoms with van der Waals surface area (Å²) in [5.74, 6) is 0. The Hall–Kier alpha value is -3.00. The van der Waals surface area contributed by atoms with E-state index >= 15 is 0 Å². The summed E-state index contributed by atoms with van der Waals surface area (Å²) in [7, 11) is 0. The van der Waals surface area contributed by atoms with E-state index in [1.807, 2.05) is 0 Å². The maximum absolute atomic E-state index is 5.00. The summed E-state index contributed by atoms with van der Waals surface area (Å²) in [5.41, 5.74) is 14.6. The Morgan fingerprint density at radius 2 is 0.760 bits per heavy atom. The van der Waals surface area contributed by atoms with Crippen LogP contribution >= 0.6 is 24.8 Å². The zero-order chi connectivity index (χ0) is 33.5. The summed E-state index contributed by atoms with van der Waals surface area (Å²) < 4.78 is 6.41. The van der Waals surface area contributed by atoms with Gasteiger partial charge in [-0.3, -0.25) is 0 Å². The van der Waals surface area contributed by atoms with E-state index < -0.39 is 17.4 Å². The van der Waals surface area contributed by atoms with Gasteiger partial charge in [0.25, 0.3) is 0 Å². The van der Waals surface area contributed by atoms with E-state index in [1.165, 1.54) is 51.1 Å². The second-order valence-corrected chi connectivity index (χ2v) is 37.2. The Morgan fingerprint density at radius 3 is 1.12 bits per heavy atom. The molecule has 0 amide bonds. The van der Waals surface area contributed by atoms with Gasteiger partial charge in [-0.1, -0.05) is 0 Å². The summed E-state index contributed by atoms with van der Waals surface area (Å²) in [6, 6.07) is 52.0. The van der Waals surface area contributed by atoms with Crippen LogP contribution in [0.25, 0.3) is 22.3 Å². The van der Waals surface area contributed by atoms with Crippen LogP contribution < -0.4 is 13.1 Å². The van der Waals surface area contributed by atoms with Gasteiger partial charge in [-0.25, -0.2) is 0 Å². The van der Waals surface area contributed by atoms with Crippen molar-refractivity contribution < 1.29 is 17.4 Å². The molecule has 0 N–H and O–H groups in total. The molecular formula is C46H48Cl2SiZr. The van der Waals surface area contributed by atoms with Gasteiger partial charge in [-0.2, -0.15) is 0 Å². The van der Waals surface area contributed by atoms with Crippen LogP contribution in [-0.2, 0) is 41.1 Å². The molecule has 0 atom stereocenters. The SMILES string of the molecule is CC(C)(C)c1ccc2c([c]1[Zr](=[SiH2])([c]1ccccc1)([c]1ccccc1)[c]1c(C(C)(C)C)ccc3c1Cc1ccccc1-3)Cc1ccccc1-2.Cl.Cl. The van der Waals surface area contributed by atoms with Crippen LogP contribution in [-0.4, -0.2) is 6.88 Å². The van der Waals surface area contributed by atoms with Crippen LogP contribution in [0.1, 0.15) is 74.9 Å². The topological polar surface area (TPSA) is 0 Å². The Labute approximate surface area is 314 Å². The predicted molar refractivity (Wildman–Crippen MR) is 221 cm³/mol. The first kappa shape index (κ1) is 36.8. The molecule has 0 aromatic heterocycles. The summed E-state index contributed by atoms with van der Waals surface area (Å²) in [6.45, 7) is 17.1. The standard InChI is InChI=1S/2C17H17.2C6H5.2ClH.H2Si.Zr/c2*1-17(2,3)14-8-9-16-13(11-14)10-12-6-4-5-7-15(12)16;2*1-2-4-6-5-3-1;;;;/h2*4-9H,10H2,1-3H3;2*1-5H;2*1H;1H2;. The first-order valence-corrected chi connectivity index (χ1v) is 28.4. The van der Waals surface area contributed by atoms with Crippen molar-refractivity contribution in [2.75, 3.05) is 0 Å². The average Bonchev–Trinajstić information content (AvgIpc) is 3.65. The number of hydrogen-bond acceptors (Lipinski definition) is 0. The number of fused-ring (bicyclic) bond motifs is 6. The van der Waals surface area contributed by atoms with Crippen LogP contribution in [0.5, 0.6) is 0 Å². The van der Waals surface area contributed by atoms with E-state index in [2.05, 4.69) is 182 Å². The van der Waals surface area contributed by atoms with Crippen molar-refractivity contribution in [1.29, 1.82) is 0 Å². The molecule has 0 heterocycles. The molecule has 0 fully saturated rings. The first-order valence-electron chi connectivity index (χ1n) is 17.6. The Morgan fingerprint density at radius 1 is 0.420 bits per heavy atom. The van der Waals surface area contributed by atoms with Crippen LogP contribution in [0.15, 0.2) is 133 Å². The number of benzene rings is 6. The van der Waals surface area contributed by atoms with E-state index in [1.54, 1.807) is 17.7 Å². The molecule has 6 aromatic carbocycles. The molecule has 2 aliphatic rings. The van der Waals surface area contributed by atoms with E-state index in [-0.39, 0.29) is 35.6 Å². The molecular weight excluding hydrogens is 743 g/mol. The van der Waals surface area contributed by atoms with E-state index in [0.717, 1.165) is 12.8 Å². The fourth-order valence-corrected chi connectivity index (χ4v) is 35.4. The zero-order valence-electron chi connectivity index (χ0n) is 30.1. The fourth-order valence-electron chi connectivity index (χ4n) is 9.41. The normalized spacial score (nSPS) is 13.3. The Bertz CT molecular complexity index is 2140. The molecule has 0 saturated heterocycles. The largest absolute Gasteiger partial charge is 0.147 e. The summed E-state index contributed by atoms with van der Waals surface area (Å²) >= 11 is -5.00. The molecule has 0 bridgehead atoms. The molecule has 0 aliphatic heterocycles. The van der Waals surface area contributed by atoms with Crippen molar-refractivity contribution in [2.24, 2.45) is 0 Å². The van der Waals surface area contributed by atoms with Gasteiger partial charge in [0.2, 0.25) is 0 Å². The molecule has 0 saturated carbocycles. The van der Waals surface area contributed by atoms with Gasteiger partial charge in [0.05, 0.1) is 0 Å². The Balaban J connectivity index is 0.00000216. The van der Waals surface area contributed by atoms with Crippen molar-refractivity contribution in [3.8, 4) is 22.3 Å². The monoisotopic (exact) mass is 788 g/mol. The van der Waals surface area contributed by atoms with E-state index in [9.17, 15) is 0 Å². The number of rotatable bonds is 4. The Kier molecular flexibility index (Phi) is 9.48. The molecule has 0 spiro atoms. The minimum atomic E-state index is -5.00. The second-order valence-electron chi connectivity index (χ2n) is 16.4. The molecule has 0 radical (unpaired) electrons. The van der Waals surface area contributed by atoms with Gasteiger partial charge in [-0.15, -0.1) is 24.8 Å². The minimum absolute atomic E-state index is 0.